The summed E-state index contributed by atoms with van der Waals surface area (Å²) < 4.78 is 7.26. The van der Waals surface area contributed by atoms with Crippen molar-refractivity contribution in [2.45, 2.75) is 38.1 Å². The predicted molar refractivity (Wildman–Crippen MR) is 64.4 cm³/mol. The highest BCUT2D eigenvalue weighted by Crippen LogP contribution is 2.30. The molecule has 17 heavy (non-hydrogen) atoms. The van der Waals surface area contributed by atoms with Crippen LogP contribution in [0.2, 0.25) is 0 Å². The van der Waals surface area contributed by atoms with Crippen LogP contribution in [0, 0.1) is 11.3 Å². The van der Waals surface area contributed by atoms with E-state index >= 15 is 0 Å². The molecule has 5 nitrogen and oxygen atoms in total. The second kappa shape index (κ2) is 4.38. The lowest BCUT2D eigenvalue weighted by Gasteiger charge is -2.27. The highest BCUT2D eigenvalue weighted by molar-refractivity contribution is 5.36. The van der Waals surface area contributed by atoms with Crippen LogP contribution in [-0.4, -0.2) is 23.0 Å². The van der Waals surface area contributed by atoms with Crippen LogP contribution in [0.1, 0.15) is 38.4 Å². The van der Waals surface area contributed by atoms with Crippen molar-refractivity contribution in [2.75, 3.05) is 18.9 Å². The molecule has 5 heteroatoms. The summed E-state index contributed by atoms with van der Waals surface area (Å²) in [5.41, 5.74) is 6.09. The summed E-state index contributed by atoms with van der Waals surface area (Å²) in [6.07, 6.45) is 1.85. The Morgan fingerprint density at radius 2 is 2.18 bits per heavy atom. The van der Waals surface area contributed by atoms with Gasteiger partial charge in [-0.1, -0.05) is 0 Å². The van der Waals surface area contributed by atoms with E-state index < -0.39 is 5.41 Å². The zero-order valence-electron chi connectivity index (χ0n) is 10.3. The number of hydrogen-bond acceptors (Lipinski definition) is 4. The summed E-state index contributed by atoms with van der Waals surface area (Å²) in [6.45, 7) is 5.27. The van der Waals surface area contributed by atoms with E-state index in [1.54, 1.807) is 6.07 Å². The number of ether oxygens (including phenoxy) is 1. The van der Waals surface area contributed by atoms with Crippen LogP contribution in [0.3, 0.4) is 0 Å². The van der Waals surface area contributed by atoms with E-state index in [0.29, 0.717) is 11.9 Å². The van der Waals surface area contributed by atoms with E-state index in [0.717, 1.165) is 31.7 Å². The molecule has 0 spiro atoms. The van der Waals surface area contributed by atoms with Gasteiger partial charge >= 0.3 is 0 Å². The molecule has 0 atom stereocenters. The minimum Gasteiger partial charge on any atom is -0.382 e. The first-order valence-corrected chi connectivity index (χ1v) is 5.89. The monoisotopic (exact) mass is 234 g/mol. The number of nitriles is 1. The van der Waals surface area contributed by atoms with E-state index in [1.807, 2.05) is 18.5 Å². The standard InChI is InChI=1S/C12H18N4O/c1-12(2,8-13)10-7-11(14)15-16(10)9-3-5-17-6-4-9/h7,9H,3-6H2,1-2H3,(H2,14,15). The first-order valence-electron chi connectivity index (χ1n) is 5.89. The van der Waals surface area contributed by atoms with Crippen LogP contribution in [0.15, 0.2) is 6.07 Å². The zero-order valence-corrected chi connectivity index (χ0v) is 10.3. The van der Waals surface area contributed by atoms with Crippen molar-refractivity contribution in [2.24, 2.45) is 0 Å². The summed E-state index contributed by atoms with van der Waals surface area (Å²) >= 11 is 0. The number of nitrogens with zero attached hydrogens (tertiary/aromatic N) is 3. The van der Waals surface area contributed by atoms with Gasteiger partial charge in [-0.3, -0.25) is 4.68 Å². The van der Waals surface area contributed by atoms with Gasteiger partial charge in [0.25, 0.3) is 0 Å². The maximum absolute atomic E-state index is 9.22. The average molecular weight is 234 g/mol. The Bertz CT molecular complexity index is 438. The lowest BCUT2D eigenvalue weighted by atomic mass is 9.90. The summed E-state index contributed by atoms with van der Waals surface area (Å²) in [5.74, 6) is 0.481. The van der Waals surface area contributed by atoms with E-state index in [2.05, 4.69) is 11.2 Å². The third-order valence-corrected chi connectivity index (χ3v) is 3.21. The molecule has 2 heterocycles. The van der Waals surface area contributed by atoms with E-state index in [9.17, 15) is 5.26 Å². The number of nitrogens with two attached hydrogens (primary N) is 1. The summed E-state index contributed by atoms with van der Waals surface area (Å²) in [6, 6.07) is 4.40. The number of anilines is 1. The molecule has 1 fully saturated rings. The maximum Gasteiger partial charge on any atom is 0.145 e. The molecule has 0 aromatic carbocycles. The molecule has 0 saturated carbocycles. The Morgan fingerprint density at radius 1 is 1.53 bits per heavy atom. The van der Waals surface area contributed by atoms with Crippen molar-refractivity contribution in [1.29, 1.82) is 5.26 Å². The minimum absolute atomic E-state index is 0.295. The number of aromatic nitrogens is 2. The van der Waals surface area contributed by atoms with Crippen molar-refractivity contribution in [3.63, 3.8) is 0 Å². The Hall–Kier alpha value is -1.54. The summed E-state index contributed by atoms with van der Waals surface area (Å²) in [5, 5.41) is 13.6. The van der Waals surface area contributed by atoms with E-state index in [4.69, 9.17) is 10.5 Å². The van der Waals surface area contributed by atoms with Gasteiger partial charge in [0, 0.05) is 19.3 Å². The van der Waals surface area contributed by atoms with Crippen LogP contribution in [0.25, 0.3) is 0 Å². The zero-order chi connectivity index (χ0) is 12.5. The molecule has 1 saturated heterocycles. The van der Waals surface area contributed by atoms with Crippen LogP contribution >= 0.6 is 0 Å². The fourth-order valence-corrected chi connectivity index (χ4v) is 2.15. The van der Waals surface area contributed by atoms with E-state index in [-0.39, 0.29) is 0 Å². The average Bonchev–Trinajstić information content (AvgIpc) is 2.73. The molecule has 2 rings (SSSR count). The van der Waals surface area contributed by atoms with Crippen LogP contribution in [0.5, 0.6) is 0 Å². The lowest BCUT2D eigenvalue weighted by molar-refractivity contribution is 0.0649. The molecule has 0 aliphatic carbocycles. The fraction of sp³-hybridized carbons (Fsp3) is 0.667. The smallest absolute Gasteiger partial charge is 0.145 e. The molecular formula is C12H18N4O. The Kier molecular flexibility index (Phi) is 3.07. The lowest BCUT2D eigenvalue weighted by Crippen LogP contribution is -2.27. The molecule has 1 aromatic rings. The Labute approximate surface area is 101 Å². The SMILES string of the molecule is CC(C)(C#N)c1cc(N)nn1C1CCOCC1. The first-order chi connectivity index (χ1) is 8.04. The molecule has 1 aliphatic heterocycles. The van der Waals surface area contributed by atoms with Crippen LogP contribution in [-0.2, 0) is 10.2 Å². The molecule has 0 unspecified atom stereocenters. The molecule has 1 aliphatic rings. The number of hydrogen-bond donors (Lipinski definition) is 1. The van der Waals surface area contributed by atoms with Crippen LogP contribution < -0.4 is 5.73 Å². The van der Waals surface area contributed by atoms with Crippen molar-refractivity contribution in [1.82, 2.24) is 9.78 Å². The molecule has 0 radical (unpaired) electrons. The Morgan fingerprint density at radius 3 is 2.76 bits per heavy atom. The van der Waals surface area contributed by atoms with Crippen molar-refractivity contribution in [3.05, 3.63) is 11.8 Å². The molecule has 2 N–H and O–H groups in total. The second-order valence-corrected chi connectivity index (χ2v) is 4.98. The molecule has 92 valence electrons. The predicted octanol–water partition coefficient (Wildman–Crippen LogP) is 1.62. The summed E-state index contributed by atoms with van der Waals surface area (Å²) in [7, 11) is 0. The Balaban J connectivity index is 2.37. The van der Waals surface area contributed by atoms with Crippen molar-refractivity contribution in [3.8, 4) is 6.07 Å². The van der Waals surface area contributed by atoms with Gasteiger partial charge in [0.05, 0.1) is 23.2 Å². The molecular weight excluding hydrogens is 216 g/mol. The van der Waals surface area contributed by atoms with E-state index in [1.165, 1.54) is 0 Å². The van der Waals surface area contributed by atoms with Crippen molar-refractivity contribution < 1.29 is 4.74 Å². The quantitative estimate of drug-likeness (QED) is 0.843. The van der Waals surface area contributed by atoms with Gasteiger partial charge in [-0.15, -0.1) is 0 Å². The minimum atomic E-state index is -0.567. The molecule has 0 bridgehead atoms. The number of nitrogen functional groups attached to an aromatic ring is 1. The van der Waals surface area contributed by atoms with Gasteiger partial charge < -0.3 is 10.5 Å². The van der Waals surface area contributed by atoms with Crippen LogP contribution in [0.4, 0.5) is 5.82 Å². The van der Waals surface area contributed by atoms with Gasteiger partial charge in [-0.2, -0.15) is 10.4 Å². The van der Waals surface area contributed by atoms with Crippen molar-refractivity contribution >= 4 is 5.82 Å². The highest BCUT2D eigenvalue weighted by Gasteiger charge is 2.29. The second-order valence-electron chi connectivity index (χ2n) is 4.98. The largest absolute Gasteiger partial charge is 0.382 e. The molecule has 1 aromatic heterocycles. The maximum atomic E-state index is 9.22. The van der Waals surface area contributed by atoms with Gasteiger partial charge in [0.15, 0.2) is 0 Å². The normalized spacial score (nSPS) is 17.9. The third kappa shape index (κ3) is 2.27. The molecule has 0 amide bonds. The fourth-order valence-electron chi connectivity index (χ4n) is 2.15. The summed E-state index contributed by atoms with van der Waals surface area (Å²) in [4.78, 5) is 0. The number of rotatable bonds is 2. The third-order valence-electron chi connectivity index (χ3n) is 3.21. The van der Waals surface area contributed by atoms with Gasteiger partial charge in [-0.25, -0.2) is 0 Å². The first kappa shape index (κ1) is 11.9. The van der Waals surface area contributed by atoms with Gasteiger partial charge in [0.2, 0.25) is 0 Å². The van der Waals surface area contributed by atoms with Gasteiger partial charge in [0.1, 0.15) is 5.82 Å². The highest BCUT2D eigenvalue weighted by atomic mass is 16.5. The topological polar surface area (TPSA) is 76.9 Å². The van der Waals surface area contributed by atoms with Gasteiger partial charge in [-0.05, 0) is 26.7 Å².